The van der Waals surface area contributed by atoms with Crippen molar-refractivity contribution < 1.29 is 17.6 Å². The number of rotatable bonds is 1. The van der Waals surface area contributed by atoms with E-state index in [0.717, 1.165) is 6.07 Å². The van der Waals surface area contributed by atoms with Gasteiger partial charge in [-0.1, -0.05) is 12.1 Å². The van der Waals surface area contributed by atoms with Crippen LogP contribution in [0.2, 0.25) is 0 Å². The third kappa shape index (κ3) is 2.67. The molecule has 2 rings (SSSR count). The molecule has 0 bridgehead atoms. The average Bonchev–Trinajstić information content (AvgIpc) is 2.27. The SMILES string of the molecule is Cc1cc(-c2cccc(F)c2)cc(C(F)(F)F)n1. The summed E-state index contributed by atoms with van der Waals surface area (Å²) in [6, 6.07) is 7.84. The summed E-state index contributed by atoms with van der Waals surface area (Å²) in [6.45, 7) is 1.47. The molecule has 0 saturated carbocycles. The second kappa shape index (κ2) is 4.40. The van der Waals surface area contributed by atoms with Crippen molar-refractivity contribution >= 4 is 0 Å². The Hall–Kier alpha value is -1.91. The molecule has 5 heteroatoms. The van der Waals surface area contributed by atoms with Gasteiger partial charge in [-0.25, -0.2) is 9.37 Å². The number of hydrogen-bond donors (Lipinski definition) is 0. The summed E-state index contributed by atoms with van der Waals surface area (Å²) in [6.07, 6.45) is -4.51. The molecule has 1 aromatic heterocycles. The highest BCUT2D eigenvalue weighted by molar-refractivity contribution is 5.64. The van der Waals surface area contributed by atoms with Gasteiger partial charge in [-0.3, -0.25) is 0 Å². The fourth-order valence-corrected chi connectivity index (χ4v) is 1.65. The molecular weight excluding hydrogens is 246 g/mol. The minimum atomic E-state index is -4.51. The molecule has 0 fully saturated rings. The first-order chi connectivity index (χ1) is 8.36. The topological polar surface area (TPSA) is 12.9 Å². The van der Waals surface area contributed by atoms with E-state index >= 15 is 0 Å². The molecule has 0 aliphatic rings. The van der Waals surface area contributed by atoms with Crippen LogP contribution < -0.4 is 0 Å². The Balaban J connectivity index is 2.55. The van der Waals surface area contributed by atoms with Crippen LogP contribution in [-0.2, 0) is 6.18 Å². The van der Waals surface area contributed by atoms with Crippen molar-refractivity contribution in [2.24, 2.45) is 0 Å². The number of hydrogen-bond acceptors (Lipinski definition) is 1. The van der Waals surface area contributed by atoms with Crippen molar-refractivity contribution in [3.8, 4) is 11.1 Å². The van der Waals surface area contributed by atoms with Crippen LogP contribution in [0.5, 0.6) is 0 Å². The standard InChI is InChI=1S/C13H9F4N/c1-8-5-10(7-12(18-8)13(15,16)17)9-3-2-4-11(14)6-9/h2-7H,1H3. The zero-order chi connectivity index (χ0) is 13.3. The van der Waals surface area contributed by atoms with Crippen LogP contribution in [-0.4, -0.2) is 4.98 Å². The predicted molar refractivity (Wildman–Crippen MR) is 59.4 cm³/mol. The number of aryl methyl sites for hydroxylation is 1. The van der Waals surface area contributed by atoms with E-state index in [1.807, 2.05) is 0 Å². The highest BCUT2D eigenvalue weighted by Crippen LogP contribution is 2.31. The zero-order valence-corrected chi connectivity index (χ0v) is 9.42. The van der Waals surface area contributed by atoms with Crippen molar-refractivity contribution in [3.05, 3.63) is 53.6 Å². The largest absolute Gasteiger partial charge is 0.433 e. The second-order valence-electron chi connectivity index (χ2n) is 3.89. The van der Waals surface area contributed by atoms with Crippen LogP contribution >= 0.6 is 0 Å². The van der Waals surface area contributed by atoms with E-state index in [4.69, 9.17) is 0 Å². The van der Waals surface area contributed by atoms with Crippen LogP contribution in [0.1, 0.15) is 11.4 Å². The second-order valence-corrected chi connectivity index (χ2v) is 3.89. The van der Waals surface area contributed by atoms with Gasteiger partial charge in [-0.15, -0.1) is 0 Å². The Morgan fingerprint density at radius 1 is 1.00 bits per heavy atom. The Morgan fingerprint density at radius 3 is 2.33 bits per heavy atom. The third-order valence-corrected chi connectivity index (χ3v) is 2.40. The van der Waals surface area contributed by atoms with Crippen molar-refractivity contribution in [2.75, 3.05) is 0 Å². The van der Waals surface area contributed by atoms with Gasteiger partial charge < -0.3 is 0 Å². The van der Waals surface area contributed by atoms with E-state index in [-0.39, 0.29) is 5.69 Å². The Labute approximate surface area is 101 Å². The van der Waals surface area contributed by atoms with Gasteiger partial charge in [0.15, 0.2) is 0 Å². The van der Waals surface area contributed by atoms with Gasteiger partial charge in [-0.2, -0.15) is 13.2 Å². The molecule has 0 saturated heterocycles. The number of benzene rings is 1. The average molecular weight is 255 g/mol. The highest BCUT2D eigenvalue weighted by Gasteiger charge is 2.33. The maximum atomic E-state index is 13.1. The predicted octanol–water partition coefficient (Wildman–Crippen LogP) is 4.21. The van der Waals surface area contributed by atoms with E-state index in [1.165, 1.54) is 31.2 Å². The first-order valence-electron chi connectivity index (χ1n) is 5.18. The lowest BCUT2D eigenvalue weighted by molar-refractivity contribution is -0.141. The van der Waals surface area contributed by atoms with Crippen LogP contribution in [0.4, 0.5) is 17.6 Å². The monoisotopic (exact) mass is 255 g/mol. The summed E-state index contributed by atoms with van der Waals surface area (Å²) in [5.41, 5.74) is -0.0360. The Kier molecular flexibility index (Phi) is 3.07. The lowest BCUT2D eigenvalue weighted by atomic mass is 10.0. The van der Waals surface area contributed by atoms with E-state index in [1.54, 1.807) is 6.07 Å². The van der Waals surface area contributed by atoms with E-state index in [9.17, 15) is 17.6 Å². The molecule has 1 nitrogen and oxygen atoms in total. The molecule has 18 heavy (non-hydrogen) atoms. The van der Waals surface area contributed by atoms with Gasteiger partial charge in [0.2, 0.25) is 0 Å². The molecule has 1 aromatic carbocycles. The van der Waals surface area contributed by atoms with Crippen LogP contribution in [0.25, 0.3) is 11.1 Å². The molecule has 0 spiro atoms. The molecule has 94 valence electrons. The molecule has 0 aliphatic heterocycles. The Bertz CT molecular complexity index is 575. The zero-order valence-electron chi connectivity index (χ0n) is 9.42. The number of aromatic nitrogens is 1. The normalized spacial score (nSPS) is 11.6. The van der Waals surface area contributed by atoms with Gasteiger partial charge >= 0.3 is 6.18 Å². The summed E-state index contributed by atoms with van der Waals surface area (Å²) in [5, 5.41) is 0. The van der Waals surface area contributed by atoms with Gasteiger partial charge in [0.1, 0.15) is 11.5 Å². The van der Waals surface area contributed by atoms with Crippen molar-refractivity contribution in [2.45, 2.75) is 13.1 Å². The van der Waals surface area contributed by atoms with Crippen molar-refractivity contribution in [3.63, 3.8) is 0 Å². The van der Waals surface area contributed by atoms with E-state index in [2.05, 4.69) is 4.98 Å². The third-order valence-electron chi connectivity index (χ3n) is 2.40. The fourth-order valence-electron chi connectivity index (χ4n) is 1.65. The van der Waals surface area contributed by atoms with Gasteiger partial charge in [0, 0.05) is 5.69 Å². The molecule has 0 radical (unpaired) electrons. The molecule has 0 N–H and O–H groups in total. The minimum Gasteiger partial charge on any atom is -0.249 e. The summed E-state index contributed by atoms with van der Waals surface area (Å²) in [4.78, 5) is 3.43. The van der Waals surface area contributed by atoms with Gasteiger partial charge in [0.05, 0.1) is 0 Å². The number of halogens is 4. The first-order valence-corrected chi connectivity index (χ1v) is 5.18. The molecule has 2 aromatic rings. The maximum absolute atomic E-state index is 13.1. The van der Waals surface area contributed by atoms with Crippen molar-refractivity contribution in [1.82, 2.24) is 4.98 Å². The van der Waals surface area contributed by atoms with E-state index < -0.39 is 17.7 Å². The van der Waals surface area contributed by atoms with E-state index in [0.29, 0.717) is 11.1 Å². The summed E-state index contributed by atoms with van der Waals surface area (Å²) < 4.78 is 50.9. The molecule has 0 atom stereocenters. The van der Waals surface area contributed by atoms with Crippen LogP contribution in [0, 0.1) is 12.7 Å². The van der Waals surface area contributed by atoms with Gasteiger partial charge in [-0.05, 0) is 42.3 Å². The summed E-state index contributed by atoms with van der Waals surface area (Å²) in [5.74, 6) is -0.490. The lowest BCUT2D eigenvalue weighted by Gasteiger charge is -2.09. The van der Waals surface area contributed by atoms with Crippen molar-refractivity contribution in [1.29, 1.82) is 0 Å². The lowest BCUT2D eigenvalue weighted by Crippen LogP contribution is -2.08. The fraction of sp³-hybridized carbons (Fsp3) is 0.154. The highest BCUT2D eigenvalue weighted by atomic mass is 19.4. The number of pyridine rings is 1. The molecule has 0 amide bonds. The van der Waals surface area contributed by atoms with Crippen LogP contribution in [0.15, 0.2) is 36.4 Å². The minimum absolute atomic E-state index is 0.240. The molecule has 1 heterocycles. The summed E-state index contributed by atoms with van der Waals surface area (Å²) in [7, 11) is 0. The van der Waals surface area contributed by atoms with Crippen LogP contribution in [0.3, 0.4) is 0 Å². The molecule has 0 aliphatic carbocycles. The van der Waals surface area contributed by atoms with Gasteiger partial charge in [0.25, 0.3) is 0 Å². The smallest absolute Gasteiger partial charge is 0.249 e. The summed E-state index contributed by atoms with van der Waals surface area (Å²) >= 11 is 0. The first kappa shape index (κ1) is 12.5. The molecular formula is C13H9F4N. The Morgan fingerprint density at radius 2 is 1.72 bits per heavy atom. The number of nitrogens with zero attached hydrogens (tertiary/aromatic N) is 1. The molecule has 0 unspecified atom stereocenters. The maximum Gasteiger partial charge on any atom is 0.433 e. The quantitative estimate of drug-likeness (QED) is 0.695. The number of alkyl halides is 3.